The summed E-state index contributed by atoms with van der Waals surface area (Å²) in [6.45, 7) is 3.31. The molecule has 0 spiro atoms. The number of halogens is 1. The molecule has 1 unspecified atom stereocenters. The van der Waals surface area contributed by atoms with Gasteiger partial charge in [0.15, 0.2) is 5.78 Å². The minimum atomic E-state index is -1.03. The predicted octanol–water partition coefficient (Wildman–Crippen LogP) is 3.41. The lowest BCUT2D eigenvalue weighted by molar-refractivity contribution is -0.134. The number of aryl methyl sites for hydroxylation is 2. The second kappa shape index (κ2) is 7.68. The molecule has 27 heavy (non-hydrogen) atoms. The molecular formula is C20H21BrN2O4. The maximum atomic E-state index is 12.8. The van der Waals surface area contributed by atoms with Gasteiger partial charge in [-0.25, -0.2) is 4.79 Å². The molecule has 0 saturated carbocycles. The molecule has 1 saturated heterocycles. The minimum Gasteiger partial charge on any atom is -0.466 e. The van der Waals surface area contributed by atoms with Gasteiger partial charge in [0.05, 0.1) is 6.54 Å². The maximum Gasteiger partial charge on any atom is 0.325 e. The molecule has 1 aromatic heterocycles. The zero-order chi connectivity index (χ0) is 19.6. The second-order valence-corrected chi connectivity index (χ2v) is 7.92. The molecule has 2 heterocycles. The lowest BCUT2D eigenvalue weighted by Crippen LogP contribution is -2.44. The van der Waals surface area contributed by atoms with Crippen LogP contribution in [0.25, 0.3) is 0 Å². The summed E-state index contributed by atoms with van der Waals surface area (Å²) >= 11 is 3.35. The number of imide groups is 1. The molecule has 0 bridgehead atoms. The Kier molecular flexibility index (Phi) is 5.51. The predicted molar refractivity (Wildman–Crippen MR) is 103 cm³/mol. The van der Waals surface area contributed by atoms with Crippen LogP contribution in [0.2, 0.25) is 0 Å². The number of nitrogens with one attached hydrogen (secondary N) is 1. The fourth-order valence-electron chi connectivity index (χ4n) is 3.11. The van der Waals surface area contributed by atoms with Crippen molar-refractivity contribution in [2.75, 3.05) is 6.54 Å². The van der Waals surface area contributed by atoms with Gasteiger partial charge in [-0.3, -0.25) is 14.5 Å². The number of ketones is 1. The number of amides is 3. The van der Waals surface area contributed by atoms with Crippen molar-refractivity contribution in [2.45, 2.75) is 38.6 Å². The fourth-order valence-corrected chi connectivity index (χ4v) is 3.38. The molecule has 2 aromatic rings. The molecule has 1 N–H and O–H groups in total. The van der Waals surface area contributed by atoms with Crippen molar-refractivity contribution in [3.8, 4) is 0 Å². The van der Waals surface area contributed by atoms with Crippen molar-refractivity contribution in [2.24, 2.45) is 0 Å². The summed E-state index contributed by atoms with van der Waals surface area (Å²) in [6.07, 6.45) is 1.10. The topological polar surface area (TPSA) is 79.6 Å². The average Bonchev–Trinajstić information content (AvgIpc) is 3.12. The van der Waals surface area contributed by atoms with E-state index in [2.05, 4.69) is 21.2 Å². The molecule has 142 valence electrons. The zero-order valence-corrected chi connectivity index (χ0v) is 16.8. The third-order valence-electron chi connectivity index (χ3n) is 4.66. The van der Waals surface area contributed by atoms with Crippen LogP contribution in [-0.2, 0) is 22.4 Å². The Morgan fingerprint density at radius 3 is 2.52 bits per heavy atom. The lowest BCUT2D eigenvalue weighted by atomic mass is 9.95. The molecule has 0 radical (unpaired) electrons. The summed E-state index contributed by atoms with van der Waals surface area (Å²) < 4.78 is 6.45. The summed E-state index contributed by atoms with van der Waals surface area (Å²) in [7, 11) is 0. The summed E-state index contributed by atoms with van der Waals surface area (Å²) in [6, 6.07) is 10.6. The van der Waals surface area contributed by atoms with Crippen LogP contribution in [0.3, 0.4) is 0 Å². The summed E-state index contributed by atoms with van der Waals surface area (Å²) in [4.78, 5) is 38.4. The molecule has 1 aromatic carbocycles. The fraction of sp³-hybridized carbons (Fsp3) is 0.350. The van der Waals surface area contributed by atoms with E-state index < -0.39 is 11.6 Å². The van der Waals surface area contributed by atoms with Crippen molar-refractivity contribution < 1.29 is 18.8 Å². The van der Waals surface area contributed by atoms with Crippen molar-refractivity contribution in [3.05, 3.63) is 58.0 Å². The van der Waals surface area contributed by atoms with Crippen LogP contribution in [0.15, 0.2) is 45.3 Å². The first kappa shape index (κ1) is 19.4. The molecule has 1 aliphatic rings. The quantitative estimate of drug-likeness (QED) is 0.679. The molecular weight excluding hydrogens is 412 g/mol. The summed E-state index contributed by atoms with van der Waals surface area (Å²) in [5.74, 6) is 1.00. The van der Waals surface area contributed by atoms with Gasteiger partial charge in [-0.2, -0.15) is 0 Å². The third kappa shape index (κ3) is 4.47. The smallest absolute Gasteiger partial charge is 0.325 e. The van der Waals surface area contributed by atoms with E-state index in [9.17, 15) is 14.4 Å². The van der Waals surface area contributed by atoms with Crippen molar-refractivity contribution in [1.29, 1.82) is 0 Å². The van der Waals surface area contributed by atoms with E-state index in [0.717, 1.165) is 26.5 Å². The van der Waals surface area contributed by atoms with Crippen LogP contribution >= 0.6 is 15.9 Å². The van der Waals surface area contributed by atoms with Gasteiger partial charge < -0.3 is 9.73 Å². The van der Waals surface area contributed by atoms with Crippen molar-refractivity contribution >= 4 is 33.7 Å². The SMILES string of the molecule is Cc1ccc(CCC2(C)NC(=O)N(CC(=O)Cc3ccc(Br)cc3)C2=O)o1. The normalized spacial score (nSPS) is 19.4. The second-order valence-electron chi connectivity index (χ2n) is 7.01. The van der Waals surface area contributed by atoms with Crippen LogP contribution in [0, 0.1) is 6.92 Å². The first-order valence-corrected chi connectivity index (χ1v) is 9.52. The zero-order valence-electron chi connectivity index (χ0n) is 15.3. The van der Waals surface area contributed by atoms with Gasteiger partial charge in [-0.1, -0.05) is 28.1 Å². The molecule has 3 amide bonds. The van der Waals surface area contributed by atoms with Gasteiger partial charge in [0.25, 0.3) is 5.91 Å². The van der Waals surface area contributed by atoms with Crippen LogP contribution in [0.4, 0.5) is 4.79 Å². The number of furan rings is 1. The number of Topliss-reactive ketones (excluding diaryl/α,β-unsaturated/α-hetero) is 1. The van der Waals surface area contributed by atoms with Gasteiger partial charge in [0.2, 0.25) is 0 Å². The number of carbonyl (C=O) groups excluding carboxylic acids is 3. The summed E-state index contributed by atoms with van der Waals surface area (Å²) in [5.41, 5.74) is -0.193. The van der Waals surface area contributed by atoms with E-state index in [0.29, 0.717) is 12.8 Å². The number of carbonyl (C=O) groups is 3. The lowest BCUT2D eigenvalue weighted by Gasteiger charge is -2.21. The number of hydrogen-bond acceptors (Lipinski definition) is 4. The van der Waals surface area contributed by atoms with Crippen LogP contribution in [0.1, 0.15) is 30.4 Å². The van der Waals surface area contributed by atoms with Crippen LogP contribution in [0.5, 0.6) is 0 Å². The first-order chi connectivity index (χ1) is 12.8. The first-order valence-electron chi connectivity index (χ1n) is 8.72. The number of hydrogen-bond donors (Lipinski definition) is 1. The van der Waals surface area contributed by atoms with E-state index in [4.69, 9.17) is 4.42 Å². The highest BCUT2D eigenvalue weighted by Gasteiger charge is 2.47. The Morgan fingerprint density at radius 2 is 1.89 bits per heavy atom. The Hall–Kier alpha value is -2.41. The number of urea groups is 1. The van der Waals surface area contributed by atoms with Crippen LogP contribution < -0.4 is 5.32 Å². The van der Waals surface area contributed by atoms with E-state index in [-0.39, 0.29) is 24.7 Å². The van der Waals surface area contributed by atoms with Gasteiger partial charge in [-0.15, -0.1) is 0 Å². The standard InChI is InChI=1S/C20H21BrN2O4/c1-13-3-8-17(27-13)9-10-20(2)18(25)23(19(26)22-20)12-16(24)11-14-4-6-15(21)7-5-14/h3-8H,9-12H2,1-2H3,(H,22,26). The molecule has 0 aliphatic carbocycles. The Morgan fingerprint density at radius 1 is 1.19 bits per heavy atom. The highest BCUT2D eigenvalue weighted by atomic mass is 79.9. The Bertz CT molecular complexity index is 874. The number of nitrogens with zero attached hydrogens (tertiary/aromatic N) is 1. The monoisotopic (exact) mass is 432 g/mol. The number of rotatable bonds is 7. The number of benzene rings is 1. The van der Waals surface area contributed by atoms with Gasteiger partial charge in [-0.05, 0) is 50.1 Å². The van der Waals surface area contributed by atoms with E-state index in [1.165, 1.54) is 0 Å². The molecule has 1 aliphatic heterocycles. The van der Waals surface area contributed by atoms with E-state index in [1.807, 2.05) is 43.3 Å². The van der Waals surface area contributed by atoms with Crippen molar-refractivity contribution in [1.82, 2.24) is 10.2 Å². The van der Waals surface area contributed by atoms with E-state index >= 15 is 0 Å². The van der Waals surface area contributed by atoms with Gasteiger partial charge >= 0.3 is 6.03 Å². The molecule has 7 heteroatoms. The summed E-state index contributed by atoms with van der Waals surface area (Å²) in [5, 5.41) is 2.72. The third-order valence-corrected chi connectivity index (χ3v) is 5.19. The Labute approximate surface area is 166 Å². The molecule has 6 nitrogen and oxygen atoms in total. The molecule has 1 atom stereocenters. The minimum absolute atomic E-state index is 0.173. The maximum absolute atomic E-state index is 12.8. The van der Waals surface area contributed by atoms with Crippen LogP contribution in [-0.4, -0.2) is 34.7 Å². The highest BCUT2D eigenvalue weighted by molar-refractivity contribution is 9.10. The molecule has 3 rings (SSSR count). The molecule has 1 fully saturated rings. The average molecular weight is 433 g/mol. The largest absolute Gasteiger partial charge is 0.466 e. The van der Waals surface area contributed by atoms with Crippen molar-refractivity contribution in [3.63, 3.8) is 0 Å². The highest BCUT2D eigenvalue weighted by Crippen LogP contribution is 2.24. The van der Waals surface area contributed by atoms with Gasteiger partial charge in [0.1, 0.15) is 17.1 Å². The van der Waals surface area contributed by atoms with Gasteiger partial charge in [0, 0.05) is 17.3 Å². The van der Waals surface area contributed by atoms with E-state index in [1.54, 1.807) is 6.92 Å². The Balaban J connectivity index is 1.60.